The summed E-state index contributed by atoms with van der Waals surface area (Å²) in [5, 5.41) is 3.11. The highest BCUT2D eigenvalue weighted by Gasteiger charge is 2.19. The summed E-state index contributed by atoms with van der Waals surface area (Å²) in [5.74, 6) is 0.109. The van der Waals surface area contributed by atoms with Gasteiger partial charge < -0.3 is 14.8 Å². The monoisotopic (exact) mass is 239 g/mol. The lowest BCUT2D eigenvalue weighted by Crippen LogP contribution is -2.46. The van der Waals surface area contributed by atoms with Crippen molar-refractivity contribution in [2.24, 2.45) is 0 Å². The van der Waals surface area contributed by atoms with E-state index in [1.165, 1.54) is 6.26 Å². The summed E-state index contributed by atoms with van der Waals surface area (Å²) in [6.45, 7) is 3.70. The Morgan fingerprint density at radius 1 is 1.20 bits per heavy atom. The van der Waals surface area contributed by atoms with Gasteiger partial charge in [-0.2, -0.15) is 0 Å². The van der Waals surface area contributed by atoms with E-state index in [1.807, 2.05) is 13.8 Å². The molecule has 0 saturated heterocycles. The molecule has 92 valence electrons. The van der Waals surface area contributed by atoms with Crippen LogP contribution < -0.4 is 5.32 Å². The topological polar surface area (TPSA) is 64.6 Å². The van der Waals surface area contributed by atoms with Gasteiger partial charge in [0.25, 0.3) is 0 Å². The zero-order chi connectivity index (χ0) is 12.1. The molecule has 15 heavy (non-hydrogen) atoms. The predicted molar refractivity (Wildman–Crippen MR) is 59.6 cm³/mol. The highest BCUT2D eigenvalue weighted by Crippen LogP contribution is 2.01. The molecule has 2 unspecified atom stereocenters. The Balaban J connectivity index is 4.11. The summed E-state index contributed by atoms with van der Waals surface area (Å²) < 4.78 is 32.2. The van der Waals surface area contributed by atoms with Crippen molar-refractivity contribution < 1.29 is 17.9 Å². The maximum Gasteiger partial charge on any atom is 0.171 e. The molecule has 0 saturated carbocycles. The van der Waals surface area contributed by atoms with Gasteiger partial charge in [-0.05, 0) is 13.8 Å². The number of sulfone groups is 1. The minimum absolute atomic E-state index is 0.0586. The predicted octanol–water partition coefficient (Wildman–Crippen LogP) is 0.0165. The molecule has 0 radical (unpaired) electrons. The third kappa shape index (κ3) is 6.83. The molecule has 6 heteroatoms. The molecule has 5 nitrogen and oxygen atoms in total. The van der Waals surface area contributed by atoms with Crippen LogP contribution in [-0.2, 0) is 19.3 Å². The first-order chi connectivity index (χ1) is 6.80. The molecule has 0 aromatic rings. The first-order valence-electron chi connectivity index (χ1n) is 4.79. The highest BCUT2D eigenvalue weighted by molar-refractivity contribution is 7.90. The number of nitrogens with one attached hydrogen (secondary N) is 1. The number of hydrogen-bond acceptors (Lipinski definition) is 5. The molecule has 0 heterocycles. The summed E-state index contributed by atoms with van der Waals surface area (Å²) in [4.78, 5) is 0. The SMILES string of the molecule is COC(OC)C(C)NC(C)CS(C)(=O)=O. The van der Waals surface area contributed by atoms with Crippen LogP contribution in [0.5, 0.6) is 0 Å². The number of ether oxygens (including phenoxy) is 2. The molecule has 0 rings (SSSR count). The normalized spacial score (nSPS) is 16.7. The van der Waals surface area contributed by atoms with E-state index in [2.05, 4.69) is 5.32 Å². The standard InChI is InChI=1S/C9H21NO4S/c1-7(6-15(5,11)12)10-8(2)9(13-3)14-4/h7-10H,6H2,1-5H3. The highest BCUT2D eigenvalue weighted by atomic mass is 32.2. The first kappa shape index (κ1) is 14.8. The van der Waals surface area contributed by atoms with Gasteiger partial charge in [0.2, 0.25) is 0 Å². The Hall–Kier alpha value is -0.170. The van der Waals surface area contributed by atoms with Crippen LogP contribution in [-0.4, -0.2) is 53.0 Å². The molecule has 0 amide bonds. The summed E-state index contributed by atoms with van der Waals surface area (Å²) in [5.41, 5.74) is 0. The van der Waals surface area contributed by atoms with Crippen molar-refractivity contribution >= 4 is 9.84 Å². The Labute approximate surface area is 92.1 Å². The zero-order valence-electron chi connectivity index (χ0n) is 9.98. The van der Waals surface area contributed by atoms with E-state index in [0.29, 0.717) is 0 Å². The van der Waals surface area contributed by atoms with Crippen molar-refractivity contribution in [3.05, 3.63) is 0 Å². The van der Waals surface area contributed by atoms with E-state index < -0.39 is 9.84 Å². The Bertz CT molecular complexity index is 261. The number of hydrogen-bond donors (Lipinski definition) is 1. The summed E-state index contributed by atoms with van der Waals surface area (Å²) >= 11 is 0. The van der Waals surface area contributed by atoms with Crippen LogP contribution in [0.3, 0.4) is 0 Å². The van der Waals surface area contributed by atoms with Gasteiger partial charge in [-0.15, -0.1) is 0 Å². The summed E-state index contributed by atoms with van der Waals surface area (Å²) in [7, 11) is 0.146. The average Bonchev–Trinajstić information content (AvgIpc) is 2.02. The quantitative estimate of drug-likeness (QED) is 0.634. The lowest BCUT2D eigenvalue weighted by Gasteiger charge is -2.25. The Morgan fingerprint density at radius 2 is 1.67 bits per heavy atom. The van der Waals surface area contributed by atoms with E-state index in [-0.39, 0.29) is 24.1 Å². The van der Waals surface area contributed by atoms with Gasteiger partial charge >= 0.3 is 0 Å². The van der Waals surface area contributed by atoms with Gasteiger partial charge in [0.1, 0.15) is 9.84 Å². The Morgan fingerprint density at radius 3 is 2.00 bits per heavy atom. The third-order valence-corrected chi connectivity index (χ3v) is 3.08. The van der Waals surface area contributed by atoms with Crippen molar-refractivity contribution in [3.63, 3.8) is 0 Å². The van der Waals surface area contributed by atoms with Gasteiger partial charge in [-0.3, -0.25) is 0 Å². The lowest BCUT2D eigenvalue weighted by molar-refractivity contribution is -0.120. The molecule has 0 aromatic heterocycles. The van der Waals surface area contributed by atoms with Crippen LogP contribution in [0.1, 0.15) is 13.8 Å². The maximum atomic E-state index is 11.0. The lowest BCUT2D eigenvalue weighted by atomic mass is 10.2. The zero-order valence-corrected chi connectivity index (χ0v) is 10.8. The smallest absolute Gasteiger partial charge is 0.171 e. The fourth-order valence-electron chi connectivity index (χ4n) is 1.53. The number of methoxy groups -OCH3 is 2. The maximum absolute atomic E-state index is 11.0. The van der Waals surface area contributed by atoms with Crippen LogP contribution in [0.25, 0.3) is 0 Å². The fourth-order valence-corrected chi connectivity index (χ4v) is 2.54. The molecule has 0 bridgehead atoms. The van der Waals surface area contributed by atoms with Gasteiger partial charge in [0.15, 0.2) is 6.29 Å². The first-order valence-corrected chi connectivity index (χ1v) is 6.85. The summed E-state index contributed by atoms with van der Waals surface area (Å²) in [6.07, 6.45) is 0.854. The van der Waals surface area contributed by atoms with E-state index in [4.69, 9.17) is 9.47 Å². The van der Waals surface area contributed by atoms with Crippen molar-refractivity contribution in [3.8, 4) is 0 Å². The third-order valence-electron chi connectivity index (χ3n) is 1.97. The molecule has 0 aliphatic heterocycles. The molecule has 0 spiro atoms. The van der Waals surface area contributed by atoms with Crippen molar-refractivity contribution in [2.75, 3.05) is 26.2 Å². The molecular weight excluding hydrogens is 218 g/mol. The van der Waals surface area contributed by atoms with Crippen LogP contribution in [0.4, 0.5) is 0 Å². The van der Waals surface area contributed by atoms with E-state index >= 15 is 0 Å². The van der Waals surface area contributed by atoms with Crippen molar-refractivity contribution in [2.45, 2.75) is 32.2 Å². The molecular formula is C9H21NO4S. The van der Waals surface area contributed by atoms with Gasteiger partial charge in [-0.25, -0.2) is 8.42 Å². The molecule has 0 fully saturated rings. The second-order valence-electron chi connectivity index (χ2n) is 3.79. The number of rotatable bonds is 7. The van der Waals surface area contributed by atoms with Gasteiger partial charge in [0.05, 0.1) is 11.8 Å². The van der Waals surface area contributed by atoms with Crippen LogP contribution in [0, 0.1) is 0 Å². The molecule has 0 aliphatic carbocycles. The fraction of sp³-hybridized carbons (Fsp3) is 1.00. The molecule has 2 atom stereocenters. The second-order valence-corrected chi connectivity index (χ2v) is 5.97. The summed E-state index contributed by atoms with van der Waals surface area (Å²) in [6, 6.07) is -0.181. The van der Waals surface area contributed by atoms with E-state index in [1.54, 1.807) is 14.2 Å². The van der Waals surface area contributed by atoms with Crippen LogP contribution in [0.2, 0.25) is 0 Å². The Kier molecular flexibility index (Phi) is 6.35. The second kappa shape index (κ2) is 6.42. The van der Waals surface area contributed by atoms with Crippen molar-refractivity contribution in [1.82, 2.24) is 5.32 Å². The van der Waals surface area contributed by atoms with Crippen LogP contribution >= 0.6 is 0 Å². The van der Waals surface area contributed by atoms with E-state index in [0.717, 1.165) is 0 Å². The largest absolute Gasteiger partial charge is 0.354 e. The molecule has 0 aliphatic rings. The van der Waals surface area contributed by atoms with Crippen molar-refractivity contribution in [1.29, 1.82) is 0 Å². The van der Waals surface area contributed by atoms with Crippen LogP contribution in [0.15, 0.2) is 0 Å². The molecule has 1 N–H and O–H groups in total. The van der Waals surface area contributed by atoms with E-state index in [9.17, 15) is 8.42 Å². The minimum atomic E-state index is -2.95. The van der Waals surface area contributed by atoms with Gasteiger partial charge in [0, 0.05) is 26.5 Å². The average molecular weight is 239 g/mol. The van der Waals surface area contributed by atoms with Gasteiger partial charge in [-0.1, -0.05) is 0 Å². The minimum Gasteiger partial charge on any atom is -0.354 e. The molecule has 0 aromatic carbocycles.